The number of halogens is 2. The van der Waals surface area contributed by atoms with Crippen molar-refractivity contribution >= 4 is 17.1 Å². The van der Waals surface area contributed by atoms with E-state index in [2.05, 4.69) is 30.5 Å². The van der Waals surface area contributed by atoms with Gasteiger partial charge in [-0.25, -0.2) is 18.3 Å². The van der Waals surface area contributed by atoms with Crippen LogP contribution in [0.15, 0.2) is 49.1 Å². The Kier molecular flexibility index (Phi) is 5.86. The van der Waals surface area contributed by atoms with Gasteiger partial charge in [-0.3, -0.25) is 9.89 Å². The highest BCUT2D eigenvalue weighted by atomic mass is 19.1. The molecule has 1 aromatic carbocycles. The average Bonchev–Trinajstić information content (AvgIpc) is 3.66. The second-order valence-corrected chi connectivity index (χ2v) is 9.68. The molecule has 36 heavy (non-hydrogen) atoms. The molecule has 1 aliphatic carbocycles. The SMILES string of the molecule is O=C(NC1CCC(c2ncn[nH]2)CC1)c1cnn2ccc(N3CCC[C@@H]3c3cc(F)ccc3F)cc12. The molecule has 1 atom stereocenters. The molecule has 8 nitrogen and oxygen atoms in total. The summed E-state index contributed by atoms with van der Waals surface area (Å²) in [6.07, 6.45) is 10.1. The Morgan fingerprint density at radius 1 is 1.08 bits per heavy atom. The van der Waals surface area contributed by atoms with Gasteiger partial charge in [-0.05, 0) is 68.9 Å². The molecule has 186 valence electrons. The molecule has 6 rings (SSSR count). The molecule has 0 spiro atoms. The molecule has 10 heteroatoms. The number of hydrogen-bond donors (Lipinski definition) is 2. The maximum atomic E-state index is 14.5. The number of nitrogens with zero attached hydrogens (tertiary/aromatic N) is 5. The summed E-state index contributed by atoms with van der Waals surface area (Å²) in [5, 5.41) is 14.4. The Bertz CT molecular complexity index is 1380. The number of nitrogens with one attached hydrogen (secondary N) is 2. The van der Waals surface area contributed by atoms with Crippen LogP contribution in [-0.2, 0) is 0 Å². The minimum atomic E-state index is -0.446. The second kappa shape index (κ2) is 9.33. The molecule has 0 unspecified atom stereocenters. The number of pyridine rings is 1. The van der Waals surface area contributed by atoms with Gasteiger partial charge in [0.2, 0.25) is 0 Å². The molecule has 1 saturated carbocycles. The molecule has 3 aromatic heterocycles. The van der Waals surface area contributed by atoms with Gasteiger partial charge in [-0.2, -0.15) is 10.2 Å². The van der Waals surface area contributed by atoms with Crippen LogP contribution in [0.25, 0.3) is 5.52 Å². The number of carbonyl (C=O) groups is 1. The van der Waals surface area contributed by atoms with Gasteiger partial charge < -0.3 is 10.2 Å². The number of aromatic nitrogens is 5. The van der Waals surface area contributed by atoms with Gasteiger partial charge in [0.1, 0.15) is 23.8 Å². The maximum Gasteiger partial charge on any atom is 0.255 e. The first kappa shape index (κ1) is 22.6. The summed E-state index contributed by atoms with van der Waals surface area (Å²) < 4.78 is 30.1. The fourth-order valence-electron chi connectivity index (χ4n) is 5.68. The van der Waals surface area contributed by atoms with Gasteiger partial charge in [0.25, 0.3) is 5.91 Å². The van der Waals surface area contributed by atoms with Crippen molar-refractivity contribution in [2.75, 3.05) is 11.4 Å². The number of anilines is 1. The zero-order chi connectivity index (χ0) is 24.6. The average molecular weight is 492 g/mol. The number of benzene rings is 1. The minimum Gasteiger partial charge on any atom is -0.364 e. The number of carbonyl (C=O) groups excluding carboxylic acids is 1. The Morgan fingerprint density at radius 3 is 2.75 bits per heavy atom. The minimum absolute atomic E-state index is 0.0914. The molecular formula is C26H27F2N7O. The number of aromatic amines is 1. The van der Waals surface area contributed by atoms with E-state index >= 15 is 0 Å². The van der Waals surface area contributed by atoms with Crippen molar-refractivity contribution in [3.63, 3.8) is 0 Å². The molecule has 0 bridgehead atoms. The standard InChI is InChI=1S/C26H27F2N7O/c27-17-5-8-22(28)20(12-17)23-2-1-10-34(23)19-9-11-35-24(13-19)21(14-31-35)26(36)32-18-6-3-16(4-7-18)25-29-15-30-33-25/h5,8-9,11-16,18,23H,1-4,6-7,10H2,(H,32,36)(H,29,30,33)/t16?,18?,23-/m1/s1. The van der Waals surface area contributed by atoms with E-state index in [1.54, 1.807) is 16.9 Å². The van der Waals surface area contributed by atoms with Gasteiger partial charge in [0.15, 0.2) is 0 Å². The fraction of sp³-hybridized carbons (Fsp3) is 0.385. The predicted octanol–water partition coefficient (Wildman–Crippen LogP) is 4.53. The van der Waals surface area contributed by atoms with E-state index in [1.165, 1.54) is 18.5 Å². The highest BCUT2D eigenvalue weighted by molar-refractivity contribution is 6.01. The molecule has 4 heterocycles. The van der Waals surface area contributed by atoms with E-state index in [4.69, 9.17) is 0 Å². The van der Waals surface area contributed by atoms with E-state index in [0.29, 0.717) is 22.6 Å². The van der Waals surface area contributed by atoms with Crippen molar-refractivity contribution < 1.29 is 13.6 Å². The van der Waals surface area contributed by atoms with E-state index in [9.17, 15) is 13.6 Å². The lowest BCUT2D eigenvalue weighted by atomic mass is 9.85. The molecule has 2 aliphatic rings. The first-order chi connectivity index (χ1) is 17.6. The van der Waals surface area contributed by atoms with Crippen LogP contribution < -0.4 is 10.2 Å². The summed E-state index contributed by atoms with van der Waals surface area (Å²) in [7, 11) is 0. The lowest BCUT2D eigenvalue weighted by Crippen LogP contribution is -2.37. The zero-order valence-corrected chi connectivity index (χ0v) is 19.7. The Morgan fingerprint density at radius 2 is 1.94 bits per heavy atom. The smallest absolute Gasteiger partial charge is 0.255 e. The van der Waals surface area contributed by atoms with E-state index in [-0.39, 0.29) is 18.0 Å². The van der Waals surface area contributed by atoms with Crippen LogP contribution in [0.4, 0.5) is 14.5 Å². The summed E-state index contributed by atoms with van der Waals surface area (Å²) in [6, 6.07) is 7.26. The van der Waals surface area contributed by atoms with Gasteiger partial charge >= 0.3 is 0 Å². The van der Waals surface area contributed by atoms with Crippen molar-refractivity contribution in [3.05, 3.63) is 77.6 Å². The normalized spacial score (nSPS) is 22.3. The summed E-state index contributed by atoms with van der Waals surface area (Å²) in [6.45, 7) is 0.723. The number of fused-ring (bicyclic) bond motifs is 1. The first-order valence-corrected chi connectivity index (χ1v) is 12.4. The van der Waals surface area contributed by atoms with Crippen molar-refractivity contribution in [1.29, 1.82) is 0 Å². The van der Waals surface area contributed by atoms with Gasteiger partial charge in [-0.15, -0.1) is 0 Å². The van der Waals surface area contributed by atoms with Crippen LogP contribution in [0.3, 0.4) is 0 Å². The van der Waals surface area contributed by atoms with Gasteiger partial charge in [0.05, 0.1) is 23.3 Å². The topological polar surface area (TPSA) is 91.2 Å². The molecule has 0 radical (unpaired) electrons. The zero-order valence-electron chi connectivity index (χ0n) is 19.7. The highest BCUT2D eigenvalue weighted by Gasteiger charge is 2.30. The summed E-state index contributed by atoms with van der Waals surface area (Å²) in [4.78, 5) is 19.5. The Hall–Kier alpha value is -3.82. The van der Waals surface area contributed by atoms with Gasteiger partial charge in [-0.1, -0.05) is 0 Å². The van der Waals surface area contributed by atoms with Crippen LogP contribution in [0, 0.1) is 11.6 Å². The Labute approximate surface area is 206 Å². The lowest BCUT2D eigenvalue weighted by Gasteiger charge is -2.28. The first-order valence-electron chi connectivity index (χ1n) is 12.4. The van der Waals surface area contributed by atoms with E-state index < -0.39 is 11.6 Å². The largest absolute Gasteiger partial charge is 0.364 e. The van der Waals surface area contributed by atoms with Crippen LogP contribution in [0.2, 0.25) is 0 Å². The monoisotopic (exact) mass is 491 g/mol. The maximum absolute atomic E-state index is 14.5. The third-order valence-electron chi connectivity index (χ3n) is 7.53. The summed E-state index contributed by atoms with van der Waals surface area (Å²) >= 11 is 0. The molecule has 4 aromatic rings. The van der Waals surface area contributed by atoms with Crippen molar-refractivity contribution in [3.8, 4) is 0 Å². The number of H-pyrrole nitrogens is 1. The predicted molar refractivity (Wildman–Crippen MR) is 130 cm³/mol. The third kappa shape index (κ3) is 4.20. The third-order valence-corrected chi connectivity index (χ3v) is 7.53. The van der Waals surface area contributed by atoms with Crippen LogP contribution in [0.1, 0.15) is 72.2 Å². The molecule has 1 aliphatic heterocycles. The van der Waals surface area contributed by atoms with Crippen LogP contribution in [0.5, 0.6) is 0 Å². The van der Waals surface area contributed by atoms with Crippen molar-refractivity contribution in [1.82, 2.24) is 30.1 Å². The van der Waals surface area contributed by atoms with Crippen molar-refractivity contribution in [2.45, 2.75) is 56.5 Å². The van der Waals surface area contributed by atoms with Crippen LogP contribution in [-0.4, -0.2) is 43.3 Å². The van der Waals surface area contributed by atoms with Crippen LogP contribution >= 0.6 is 0 Å². The highest BCUT2D eigenvalue weighted by Crippen LogP contribution is 2.38. The second-order valence-electron chi connectivity index (χ2n) is 9.68. The Balaban J connectivity index is 1.20. The molecule has 1 amide bonds. The molecule has 2 N–H and O–H groups in total. The number of hydrogen-bond acceptors (Lipinski definition) is 5. The number of amides is 1. The summed E-state index contributed by atoms with van der Waals surface area (Å²) in [5.41, 5.74) is 2.41. The molecule has 2 fully saturated rings. The van der Waals surface area contributed by atoms with Gasteiger partial charge in [0, 0.05) is 36.0 Å². The quantitative estimate of drug-likeness (QED) is 0.428. The lowest BCUT2D eigenvalue weighted by molar-refractivity contribution is 0.0927. The van der Waals surface area contributed by atoms with E-state index in [1.807, 2.05) is 12.1 Å². The fourth-order valence-corrected chi connectivity index (χ4v) is 5.68. The van der Waals surface area contributed by atoms with Crippen molar-refractivity contribution in [2.24, 2.45) is 0 Å². The number of rotatable bonds is 5. The molecular weight excluding hydrogens is 464 g/mol. The summed E-state index contributed by atoms with van der Waals surface area (Å²) in [5.74, 6) is 0.249. The molecule has 1 saturated heterocycles. The van der Waals surface area contributed by atoms with E-state index in [0.717, 1.165) is 62.6 Å².